The Hall–Kier alpha value is -3.12. The molecule has 0 unspecified atom stereocenters. The summed E-state index contributed by atoms with van der Waals surface area (Å²) in [5.74, 6) is 0.889. The molecule has 0 bridgehead atoms. The molecule has 1 aliphatic heterocycles. The van der Waals surface area contributed by atoms with Crippen LogP contribution in [0.2, 0.25) is 0 Å². The van der Waals surface area contributed by atoms with E-state index >= 15 is 0 Å². The molecule has 6 heteroatoms. The number of nitrogens with two attached hydrogens (primary N) is 1. The third kappa shape index (κ3) is 3.44. The van der Waals surface area contributed by atoms with Crippen LogP contribution in [0, 0.1) is 0 Å². The molecule has 1 saturated heterocycles. The highest BCUT2D eigenvalue weighted by Gasteiger charge is 2.34. The van der Waals surface area contributed by atoms with E-state index in [9.17, 15) is 4.79 Å². The monoisotopic (exact) mass is 362 g/mol. The SMILES string of the molecule is COc1cccc([C@@H]2CN(C(=O)c3cccc(-n4cccn4)c3)C[C@H]2N)c1. The van der Waals surface area contributed by atoms with E-state index in [0.717, 1.165) is 17.0 Å². The summed E-state index contributed by atoms with van der Waals surface area (Å²) in [6, 6.07) is 17.2. The lowest BCUT2D eigenvalue weighted by Crippen LogP contribution is -2.32. The van der Waals surface area contributed by atoms with Crippen molar-refractivity contribution < 1.29 is 9.53 Å². The van der Waals surface area contributed by atoms with Crippen molar-refractivity contribution >= 4 is 5.91 Å². The summed E-state index contributed by atoms with van der Waals surface area (Å²) in [4.78, 5) is 14.9. The van der Waals surface area contributed by atoms with Crippen LogP contribution in [0.25, 0.3) is 5.69 Å². The Morgan fingerprint density at radius 2 is 2.00 bits per heavy atom. The van der Waals surface area contributed by atoms with Crippen LogP contribution < -0.4 is 10.5 Å². The minimum absolute atomic E-state index is 0.00940. The molecule has 1 amide bonds. The summed E-state index contributed by atoms with van der Waals surface area (Å²) in [6.07, 6.45) is 3.57. The number of hydrogen-bond acceptors (Lipinski definition) is 4. The van der Waals surface area contributed by atoms with E-state index in [0.29, 0.717) is 18.7 Å². The molecule has 2 atom stereocenters. The Morgan fingerprint density at radius 3 is 2.78 bits per heavy atom. The molecule has 27 heavy (non-hydrogen) atoms. The summed E-state index contributed by atoms with van der Waals surface area (Å²) in [7, 11) is 1.65. The maximum Gasteiger partial charge on any atom is 0.254 e. The molecule has 0 spiro atoms. The Morgan fingerprint density at radius 1 is 1.15 bits per heavy atom. The number of nitrogens with zero attached hydrogens (tertiary/aromatic N) is 3. The van der Waals surface area contributed by atoms with Crippen LogP contribution in [-0.4, -0.2) is 46.8 Å². The number of rotatable bonds is 4. The third-order valence-electron chi connectivity index (χ3n) is 5.04. The van der Waals surface area contributed by atoms with E-state index in [1.165, 1.54) is 0 Å². The number of likely N-dealkylation sites (tertiary alicyclic amines) is 1. The first-order valence-corrected chi connectivity index (χ1v) is 8.94. The highest BCUT2D eigenvalue weighted by atomic mass is 16.5. The van der Waals surface area contributed by atoms with Gasteiger partial charge in [0.05, 0.1) is 12.8 Å². The lowest BCUT2D eigenvalue weighted by Gasteiger charge is -2.17. The molecule has 0 saturated carbocycles. The number of carbonyl (C=O) groups is 1. The van der Waals surface area contributed by atoms with E-state index in [1.807, 2.05) is 65.7 Å². The Labute approximate surface area is 158 Å². The minimum atomic E-state index is -0.102. The van der Waals surface area contributed by atoms with Crippen LogP contribution in [0.4, 0.5) is 0 Å². The van der Waals surface area contributed by atoms with Crippen molar-refractivity contribution in [3.05, 3.63) is 78.1 Å². The number of hydrogen-bond donors (Lipinski definition) is 1. The second-order valence-electron chi connectivity index (χ2n) is 6.76. The fraction of sp³-hybridized carbons (Fsp3) is 0.238. The van der Waals surface area contributed by atoms with E-state index in [2.05, 4.69) is 5.10 Å². The van der Waals surface area contributed by atoms with E-state index < -0.39 is 0 Å². The van der Waals surface area contributed by atoms with Gasteiger partial charge >= 0.3 is 0 Å². The van der Waals surface area contributed by atoms with Gasteiger partial charge in [-0.3, -0.25) is 4.79 Å². The van der Waals surface area contributed by atoms with Gasteiger partial charge in [0.1, 0.15) is 5.75 Å². The third-order valence-corrected chi connectivity index (χ3v) is 5.04. The molecule has 3 aromatic rings. The van der Waals surface area contributed by atoms with E-state index in [-0.39, 0.29) is 17.9 Å². The molecule has 4 rings (SSSR count). The molecule has 0 aliphatic carbocycles. The van der Waals surface area contributed by atoms with Gasteiger partial charge < -0.3 is 15.4 Å². The van der Waals surface area contributed by atoms with Gasteiger partial charge in [-0.05, 0) is 42.0 Å². The number of amides is 1. The van der Waals surface area contributed by atoms with Crippen LogP contribution in [0.1, 0.15) is 21.8 Å². The summed E-state index contributed by atoms with van der Waals surface area (Å²) < 4.78 is 7.05. The highest BCUT2D eigenvalue weighted by Crippen LogP contribution is 2.29. The van der Waals surface area contributed by atoms with Crippen molar-refractivity contribution in [3.63, 3.8) is 0 Å². The standard InChI is InChI=1S/C21H22N4O2/c1-27-18-8-3-5-15(12-18)19-13-24(14-20(19)22)21(26)16-6-2-7-17(11-16)25-10-4-9-23-25/h2-12,19-20H,13-14,22H2,1H3/t19-,20+/m0/s1. The van der Waals surface area contributed by atoms with Crippen LogP contribution in [-0.2, 0) is 0 Å². The average Bonchev–Trinajstić information content (AvgIpc) is 3.37. The molecule has 1 fully saturated rings. The van der Waals surface area contributed by atoms with Gasteiger partial charge in [0.25, 0.3) is 5.91 Å². The normalized spacial score (nSPS) is 19.3. The van der Waals surface area contributed by atoms with Gasteiger partial charge in [0, 0.05) is 43.0 Å². The van der Waals surface area contributed by atoms with Crippen molar-refractivity contribution in [1.82, 2.24) is 14.7 Å². The van der Waals surface area contributed by atoms with Crippen molar-refractivity contribution in [1.29, 1.82) is 0 Å². The number of ether oxygens (including phenoxy) is 1. The zero-order valence-electron chi connectivity index (χ0n) is 15.2. The molecule has 1 aromatic heterocycles. The summed E-state index contributed by atoms with van der Waals surface area (Å²) in [6.45, 7) is 1.13. The molecular weight excluding hydrogens is 340 g/mol. The second-order valence-corrected chi connectivity index (χ2v) is 6.76. The lowest BCUT2D eigenvalue weighted by atomic mass is 9.95. The first-order valence-electron chi connectivity index (χ1n) is 8.94. The summed E-state index contributed by atoms with van der Waals surface area (Å²) >= 11 is 0. The number of benzene rings is 2. The topological polar surface area (TPSA) is 73.4 Å². The van der Waals surface area contributed by atoms with Gasteiger partial charge in [-0.25, -0.2) is 4.68 Å². The Kier molecular flexibility index (Phi) is 4.64. The molecule has 2 heterocycles. The van der Waals surface area contributed by atoms with Crippen molar-refractivity contribution in [2.75, 3.05) is 20.2 Å². The fourth-order valence-corrected chi connectivity index (χ4v) is 3.61. The Balaban J connectivity index is 1.54. The van der Waals surface area contributed by atoms with Crippen molar-refractivity contribution in [3.8, 4) is 11.4 Å². The van der Waals surface area contributed by atoms with Crippen LogP contribution in [0.15, 0.2) is 67.0 Å². The largest absolute Gasteiger partial charge is 0.497 e. The zero-order valence-corrected chi connectivity index (χ0v) is 15.2. The average molecular weight is 362 g/mol. The molecule has 2 N–H and O–H groups in total. The quantitative estimate of drug-likeness (QED) is 0.774. The maximum atomic E-state index is 13.0. The molecule has 0 radical (unpaired) electrons. The predicted octanol–water partition coefficient (Wildman–Crippen LogP) is 2.45. The summed E-state index contributed by atoms with van der Waals surface area (Å²) in [5, 5.41) is 4.22. The lowest BCUT2D eigenvalue weighted by molar-refractivity contribution is 0.0789. The van der Waals surface area contributed by atoms with Gasteiger partial charge in [-0.1, -0.05) is 18.2 Å². The molecule has 138 valence electrons. The van der Waals surface area contributed by atoms with Gasteiger partial charge in [0.15, 0.2) is 0 Å². The first-order chi connectivity index (χ1) is 13.2. The van der Waals surface area contributed by atoms with Crippen molar-refractivity contribution in [2.45, 2.75) is 12.0 Å². The maximum absolute atomic E-state index is 13.0. The first kappa shape index (κ1) is 17.3. The summed E-state index contributed by atoms with van der Waals surface area (Å²) in [5.41, 5.74) is 8.97. The second kappa shape index (κ2) is 7.25. The fourth-order valence-electron chi connectivity index (χ4n) is 3.61. The van der Waals surface area contributed by atoms with Gasteiger partial charge in [-0.15, -0.1) is 0 Å². The molecule has 6 nitrogen and oxygen atoms in total. The van der Waals surface area contributed by atoms with Gasteiger partial charge in [0.2, 0.25) is 0 Å². The minimum Gasteiger partial charge on any atom is -0.497 e. The number of aromatic nitrogens is 2. The highest BCUT2D eigenvalue weighted by molar-refractivity contribution is 5.95. The van der Waals surface area contributed by atoms with E-state index in [1.54, 1.807) is 18.0 Å². The van der Waals surface area contributed by atoms with Crippen LogP contribution >= 0.6 is 0 Å². The molecule has 1 aliphatic rings. The van der Waals surface area contributed by atoms with Crippen LogP contribution in [0.5, 0.6) is 5.75 Å². The number of methoxy groups -OCH3 is 1. The predicted molar refractivity (Wildman–Crippen MR) is 103 cm³/mol. The van der Waals surface area contributed by atoms with Gasteiger partial charge in [-0.2, -0.15) is 5.10 Å². The number of carbonyl (C=O) groups excluding carboxylic acids is 1. The smallest absolute Gasteiger partial charge is 0.254 e. The van der Waals surface area contributed by atoms with Crippen molar-refractivity contribution in [2.24, 2.45) is 5.73 Å². The van der Waals surface area contributed by atoms with E-state index in [4.69, 9.17) is 10.5 Å². The molecule has 2 aromatic carbocycles. The zero-order chi connectivity index (χ0) is 18.8. The van der Waals surface area contributed by atoms with Crippen LogP contribution in [0.3, 0.4) is 0 Å². The molecular formula is C21H22N4O2. The Bertz CT molecular complexity index is 939.